The molecule has 37 heavy (non-hydrogen) atoms. The van der Waals surface area contributed by atoms with Crippen LogP contribution in [0.2, 0.25) is 0 Å². The van der Waals surface area contributed by atoms with Gasteiger partial charge in [0.15, 0.2) is 0 Å². The summed E-state index contributed by atoms with van der Waals surface area (Å²) in [5, 5.41) is 11.4. The highest BCUT2D eigenvalue weighted by molar-refractivity contribution is 7.89. The second-order valence-corrected chi connectivity index (χ2v) is 12.2. The first-order valence-electron chi connectivity index (χ1n) is 13.4. The monoisotopic (exact) mass is 529 g/mol. The van der Waals surface area contributed by atoms with Crippen molar-refractivity contribution in [2.45, 2.75) is 75.4 Å². The van der Waals surface area contributed by atoms with Crippen molar-refractivity contribution in [3.63, 3.8) is 0 Å². The Kier molecular flexibility index (Phi) is 9.76. The lowest BCUT2D eigenvalue weighted by molar-refractivity contribution is -0.151. The molecule has 0 aliphatic carbocycles. The van der Waals surface area contributed by atoms with Crippen LogP contribution in [0.25, 0.3) is 0 Å². The van der Waals surface area contributed by atoms with Crippen molar-refractivity contribution in [2.75, 3.05) is 26.3 Å². The highest BCUT2D eigenvalue weighted by Gasteiger charge is 2.33. The number of carbonyl (C=O) groups is 1. The fourth-order valence-electron chi connectivity index (χ4n) is 5.23. The number of carbonyl (C=O) groups excluding carboxylic acids is 1. The van der Waals surface area contributed by atoms with E-state index in [1.54, 1.807) is 6.07 Å². The number of esters is 1. The van der Waals surface area contributed by atoms with Crippen LogP contribution in [0, 0.1) is 12.8 Å². The third-order valence-corrected chi connectivity index (χ3v) is 9.29. The molecule has 0 bridgehead atoms. The molecule has 0 saturated carbocycles. The first-order chi connectivity index (χ1) is 17.8. The predicted octanol–water partition coefficient (Wildman–Crippen LogP) is 4.04. The number of sulfonamides is 1. The zero-order chi connectivity index (χ0) is 26.3. The maximum Gasteiger partial charge on any atom is 0.306 e. The Morgan fingerprint density at radius 3 is 2.68 bits per heavy atom. The number of β-amino-alcohol motifs (C(OH)–C–C–N with tert-alkyl or cyclic N) is 1. The standard InChI is InChI=1S/C29H39NO6S/c1-22-12-13-28-24(17-22)11-7-2-3-8-15-30(37(28,33)34)20-27(31)25(18-23-9-5-4-6-10-23)19-29(32)36-26-14-16-35-21-26/h4-6,9-10,12-13,17,25-27,31H,2-3,7-8,11,14-16,18-21H2,1H3/t25-,26?,27?/m1/s1. The zero-order valence-corrected chi connectivity index (χ0v) is 22.5. The number of nitrogens with zero attached hydrogens (tertiary/aromatic N) is 1. The molecule has 2 aliphatic rings. The molecule has 4 rings (SSSR count). The maximum absolute atomic E-state index is 13.8. The molecular formula is C29H39NO6S. The molecular weight excluding hydrogens is 490 g/mol. The van der Waals surface area contributed by atoms with Crippen molar-refractivity contribution in [3.05, 3.63) is 65.2 Å². The van der Waals surface area contributed by atoms with E-state index in [-0.39, 0.29) is 25.0 Å². The summed E-state index contributed by atoms with van der Waals surface area (Å²) in [6.45, 7) is 3.21. The van der Waals surface area contributed by atoms with Crippen LogP contribution in [-0.2, 0) is 37.1 Å². The minimum Gasteiger partial charge on any atom is -0.460 e. The van der Waals surface area contributed by atoms with Crippen LogP contribution in [0.4, 0.5) is 0 Å². The van der Waals surface area contributed by atoms with Gasteiger partial charge in [-0.05, 0) is 49.8 Å². The van der Waals surface area contributed by atoms with Gasteiger partial charge in [0, 0.05) is 25.4 Å². The number of rotatable bonds is 8. The molecule has 202 valence electrons. The van der Waals surface area contributed by atoms with E-state index in [2.05, 4.69) is 0 Å². The van der Waals surface area contributed by atoms with Crippen LogP contribution in [0.1, 0.15) is 55.2 Å². The molecule has 3 atom stereocenters. The molecule has 1 fully saturated rings. The van der Waals surface area contributed by atoms with E-state index in [1.807, 2.05) is 49.4 Å². The fourth-order valence-corrected chi connectivity index (χ4v) is 6.96. The van der Waals surface area contributed by atoms with Crippen LogP contribution in [0.5, 0.6) is 0 Å². The fraction of sp³-hybridized carbons (Fsp3) is 0.552. The summed E-state index contributed by atoms with van der Waals surface area (Å²) in [7, 11) is -3.81. The molecule has 7 nitrogen and oxygen atoms in total. The van der Waals surface area contributed by atoms with E-state index >= 15 is 0 Å². The van der Waals surface area contributed by atoms with Crippen LogP contribution in [0.3, 0.4) is 0 Å². The lowest BCUT2D eigenvalue weighted by Crippen LogP contribution is -2.42. The summed E-state index contributed by atoms with van der Waals surface area (Å²) < 4.78 is 40.0. The van der Waals surface area contributed by atoms with Gasteiger partial charge in [-0.1, -0.05) is 60.9 Å². The molecule has 1 N–H and O–H groups in total. The summed E-state index contributed by atoms with van der Waals surface area (Å²) in [6.07, 6.45) is 4.23. The van der Waals surface area contributed by atoms with Crippen molar-refractivity contribution in [2.24, 2.45) is 5.92 Å². The van der Waals surface area contributed by atoms with E-state index in [9.17, 15) is 18.3 Å². The van der Waals surface area contributed by atoms with Gasteiger partial charge in [-0.25, -0.2) is 8.42 Å². The minimum absolute atomic E-state index is 0.0101. The SMILES string of the molecule is Cc1ccc2c(c1)CCCCCCN(CC(O)[C@@H](CC(=O)OC1CCOC1)Cc1ccccc1)S2(=O)=O. The molecule has 0 aromatic heterocycles. The van der Waals surface area contributed by atoms with E-state index in [4.69, 9.17) is 9.47 Å². The predicted molar refractivity (Wildman–Crippen MR) is 142 cm³/mol. The van der Waals surface area contributed by atoms with Gasteiger partial charge < -0.3 is 14.6 Å². The summed E-state index contributed by atoms with van der Waals surface area (Å²) in [6, 6.07) is 15.2. The molecule has 1 saturated heterocycles. The zero-order valence-electron chi connectivity index (χ0n) is 21.7. The second-order valence-electron chi connectivity index (χ2n) is 10.3. The topological polar surface area (TPSA) is 93.1 Å². The Morgan fingerprint density at radius 2 is 1.92 bits per heavy atom. The third kappa shape index (κ3) is 7.63. The van der Waals surface area contributed by atoms with Gasteiger partial charge in [0.2, 0.25) is 10.0 Å². The molecule has 2 aromatic carbocycles. The lowest BCUT2D eigenvalue weighted by atomic mass is 9.90. The molecule has 2 aliphatic heterocycles. The number of hydrogen-bond donors (Lipinski definition) is 1. The number of aliphatic hydroxyl groups excluding tert-OH is 1. The van der Waals surface area contributed by atoms with E-state index in [0.717, 1.165) is 48.8 Å². The number of fused-ring (bicyclic) bond motifs is 1. The van der Waals surface area contributed by atoms with Crippen molar-refractivity contribution in [1.82, 2.24) is 4.31 Å². The lowest BCUT2D eigenvalue weighted by Gasteiger charge is -2.30. The van der Waals surface area contributed by atoms with Gasteiger partial charge >= 0.3 is 5.97 Å². The number of hydrogen-bond acceptors (Lipinski definition) is 6. The van der Waals surface area contributed by atoms with E-state index < -0.39 is 22.0 Å². The van der Waals surface area contributed by atoms with Crippen LogP contribution < -0.4 is 0 Å². The molecule has 2 unspecified atom stereocenters. The van der Waals surface area contributed by atoms with Gasteiger partial charge in [-0.2, -0.15) is 4.31 Å². The van der Waals surface area contributed by atoms with Gasteiger partial charge in [0.05, 0.1) is 30.6 Å². The molecule has 8 heteroatoms. The number of aliphatic hydroxyl groups is 1. The van der Waals surface area contributed by atoms with Gasteiger partial charge in [0.25, 0.3) is 0 Å². The quantitative estimate of drug-likeness (QED) is 0.519. The normalized spacial score (nSPS) is 22.1. The molecule has 2 aromatic rings. The van der Waals surface area contributed by atoms with E-state index in [0.29, 0.717) is 37.5 Å². The Labute approximate surface area is 220 Å². The Bertz CT molecular complexity index is 1130. The van der Waals surface area contributed by atoms with Gasteiger partial charge in [0.1, 0.15) is 6.10 Å². The Morgan fingerprint density at radius 1 is 1.14 bits per heavy atom. The second kappa shape index (κ2) is 13.0. The van der Waals surface area contributed by atoms with Crippen LogP contribution in [0.15, 0.2) is 53.4 Å². The minimum atomic E-state index is -3.81. The number of aryl methyl sites for hydroxylation is 2. The smallest absolute Gasteiger partial charge is 0.306 e. The Balaban J connectivity index is 1.55. The molecule has 0 spiro atoms. The van der Waals surface area contributed by atoms with Gasteiger partial charge in [-0.15, -0.1) is 0 Å². The third-order valence-electron chi connectivity index (χ3n) is 7.33. The van der Waals surface area contributed by atoms with Crippen molar-refractivity contribution < 1.29 is 27.8 Å². The molecule has 2 heterocycles. The highest BCUT2D eigenvalue weighted by atomic mass is 32.2. The molecule has 0 amide bonds. The maximum atomic E-state index is 13.8. The van der Waals surface area contributed by atoms with Crippen molar-refractivity contribution >= 4 is 16.0 Å². The largest absolute Gasteiger partial charge is 0.460 e. The average Bonchev–Trinajstić information content (AvgIpc) is 3.38. The summed E-state index contributed by atoms with van der Waals surface area (Å²) in [4.78, 5) is 13.1. The van der Waals surface area contributed by atoms with Crippen molar-refractivity contribution in [3.8, 4) is 0 Å². The summed E-state index contributed by atoms with van der Waals surface area (Å²) >= 11 is 0. The van der Waals surface area contributed by atoms with E-state index in [1.165, 1.54) is 4.31 Å². The van der Waals surface area contributed by atoms with Crippen LogP contribution in [-0.4, -0.2) is 62.3 Å². The average molecular weight is 530 g/mol. The highest BCUT2D eigenvalue weighted by Crippen LogP contribution is 2.27. The number of benzene rings is 2. The van der Waals surface area contributed by atoms with Crippen LogP contribution >= 0.6 is 0 Å². The summed E-state index contributed by atoms with van der Waals surface area (Å²) in [5.41, 5.74) is 2.85. The van der Waals surface area contributed by atoms with Crippen molar-refractivity contribution in [1.29, 1.82) is 0 Å². The molecule has 0 radical (unpaired) electrons. The number of ether oxygens (including phenoxy) is 2. The summed E-state index contributed by atoms with van der Waals surface area (Å²) in [5.74, 6) is -0.875. The Hall–Kier alpha value is -2.26. The van der Waals surface area contributed by atoms with Gasteiger partial charge in [-0.3, -0.25) is 4.79 Å². The first-order valence-corrected chi connectivity index (χ1v) is 14.9. The first kappa shape index (κ1) is 27.8.